The lowest BCUT2D eigenvalue weighted by atomic mass is 10.1. The third-order valence-corrected chi connectivity index (χ3v) is 4.27. The normalized spacial score (nSPS) is 15.2. The number of rotatable bonds is 4. The summed E-state index contributed by atoms with van der Waals surface area (Å²) in [6.45, 7) is 4.59. The first kappa shape index (κ1) is 14.8. The Labute approximate surface area is 130 Å². The molecule has 1 aromatic heterocycles. The van der Waals surface area contributed by atoms with Crippen molar-refractivity contribution in [1.82, 2.24) is 15.0 Å². The third-order valence-electron chi connectivity index (χ3n) is 4.27. The lowest BCUT2D eigenvalue weighted by Crippen LogP contribution is -2.38. The van der Waals surface area contributed by atoms with Crippen molar-refractivity contribution in [2.24, 2.45) is 0 Å². The van der Waals surface area contributed by atoms with Gasteiger partial charge in [-0.25, -0.2) is 0 Å². The van der Waals surface area contributed by atoms with Crippen molar-refractivity contribution < 1.29 is 9.32 Å². The molecule has 2 aromatic rings. The fourth-order valence-corrected chi connectivity index (χ4v) is 3.12. The van der Waals surface area contributed by atoms with E-state index in [9.17, 15) is 4.79 Å². The van der Waals surface area contributed by atoms with Crippen molar-refractivity contribution in [3.8, 4) is 11.5 Å². The molecule has 1 saturated carbocycles. The van der Waals surface area contributed by atoms with Crippen LogP contribution in [0.2, 0.25) is 0 Å². The topological polar surface area (TPSA) is 59.2 Å². The molecule has 0 atom stereocenters. The molecule has 0 saturated heterocycles. The molecule has 116 valence electrons. The highest BCUT2D eigenvalue weighted by atomic mass is 16.5. The van der Waals surface area contributed by atoms with Gasteiger partial charge in [0, 0.05) is 23.7 Å². The van der Waals surface area contributed by atoms with Gasteiger partial charge in [-0.1, -0.05) is 18.0 Å². The molecule has 1 fully saturated rings. The Morgan fingerprint density at radius 2 is 1.95 bits per heavy atom. The van der Waals surface area contributed by atoms with Crippen LogP contribution < -0.4 is 0 Å². The van der Waals surface area contributed by atoms with E-state index >= 15 is 0 Å². The first-order chi connectivity index (χ1) is 10.7. The predicted molar refractivity (Wildman–Crippen MR) is 83.4 cm³/mol. The number of carbonyl (C=O) groups excluding carboxylic acids is 1. The number of hydrogen-bond acceptors (Lipinski definition) is 4. The Hall–Kier alpha value is -2.17. The van der Waals surface area contributed by atoms with E-state index in [2.05, 4.69) is 10.1 Å². The van der Waals surface area contributed by atoms with E-state index in [0.717, 1.165) is 24.9 Å². The van der Waals surface area contributed by atoms with Crippen molar-refractivity contribution in [2.45, 2.75) is 45.6 Å². The second-order valence-electron chi connectivity index (χ2n) is 5.75. The number of amides is 1. The summed E-state index contributed by atoms with van der Waals surface area (Å²) in [5.74, 6) is 1.20. The van der Waals surface area contributed by atoms with Gasteiger partial charge in [-0.05, 0) is 51.0 Å². The molecule has 1 heterocycles. The molecule has 5 heteroatoms. The highest BCUT2D eigenvalue weighted by Crippen LogP contribution is 2.25. The van der Waals surface area contributed by atoms with Gasteiger partial charge in [0.15, 0.2) is 5.82 Å². The summed E-state index contributed by atoms with van der Waals surface area (Å²) in [5, 5.41) is 3.78. The number of carbonyl (C=O) groups is 1. The Kier molecular flexibility index (Phi) is 4.22. The molecule has 3 rings (SSSR count). The maximum Gasteiger partial charge on any atom is 0.257 e. The summed E-state index contributed by atoms with van der Waals surface area (Å²) < 4.78 is 5.14. The van der Waals surface area contributed by atoms with Gasteiger partial charge >= 0.3 is 0 Å². The smallest absolute Gasteiger partial charge is 0.257 e. The van der Waals surface area contributed by atoms with Crippen LogP contribution in [0.5, 0.6) is 0 Å². The van der Waals surface area contributed by atoms with E-state index in [-0.39, 0.29) is 5.91 Å². The van der Waals surface area contributed by atoms with E-state index in [1.165, 1.54) is 12.8 Å². The van der Waals surface area contributed by atoms with E-state index in [0.29, 0.717) is 23.3 Å². The summed E-state index contributed by atoms with van der Waals surface area (Å²) in [5.41, 5.74) is 1.55. The average Bonchev–Trinajstić information content (AvgIpc) is 3.20. The van der Waals surface area contributed by atoms with Gasteiger partial charge in [0.25, 0.3) is 11.8 Å². The minimum Gasteiger partial charge on any atom is -0.336 e. The van der Waals surface area contributed by atoms with Gasteiger partial charge in [-0.3, -0.25) is 4.79 Å². The second kappa shape index (κ2) is 6.30. The average molecular weight is 299 g/mol. The maximum atomic E-state index is 12.7. The fourth-order valence-electron chi connectivity index (χ4n) is 3.12. The molecule has 0 spiro atoms. The lowest BCUT2D eigenvalue weighted by Gasteiger charge is -2.27. The van der Waals surface area contributed by atoms with Crippen LogP contribution in [-0.2, 0) is 0 Å². The minimum atomic E-state index is 0.114. The van der Waals surface area contributed by atoms with Crippen LogP contribution >= 0.6 is 0 Å². The Bertz CT molecular complexity index is 642. The highest BCUT2D eigenvalue weighted by Gasteiger charge is 2.26. The summed E-state index contributed by atoms with van der Waals surface area (Å²) in [7, 11) is 0. The number of benzene rings is 1. The van der Waals surface area contributed by atoms with Crippen molar-refractivity contribution >= 4 is 5.91 Å². The van der Waals surface area contributed by atoms with Crippen molar-refractivity contribution in [3.05, 3.63) is 35.7 Å². The summed E-state index contributed by atoms with van der Waals surface area (Å²) in [6, 6.07) is 7.81. The molecule has 0 aliphatic heterocycles. The summed E-state index contributed by atoms with van der Waals surface area (Å²) >= 11 is 0. The molecule has 1 aliphatic carbocycles. The monoisotopic (exact) mass is 299 g/mol. The number of aromatic nitrogens is 2. The lowest BCUT2D eigenvalue weighted by molar-refractivity contribution is 0.0693. The van der Waals surface area contributed by atoms with Crippen molar-refractivity contribution in [3.63, 3.8) is 0 Å². The van der Waals surface area contributed by atoms with Crippen LogP contribution in [0.3, 0.4) is 0 Å². The zero-order valence-corrected chi connectivity index (χ0v) is 13.1. The van der Waals surface area contributed by atoms with E-state index in [1.807, 2.05) is 36.1 Å². The zero-order chi connectivity index (χ0) is 15.5. The first-order valence-electron chi connectivity index (χ1n) is 7.90. The van der Waals surface area contributed by atoms with Gasteiger partial charge in [0.1, 0.15) is 0 Å². The number of aryl methyl sites for hydroxylation is 1. The van der Waals surface area contributed by atoms with E-state index < -0.39 is 0 Å². The third kappa shape index (κ3) is 2.89. The quantitative estimate of drug-likeness (QED) is 0.867. The summed E-state index contributed by atoms with van der Waals surface area (Å²) in [4.78, 5) is 18.9. The zero-order valence-electron chi connectivity index (χ0n) is 13.1. The van der Waals surface area contributed by atoms with Crippen LogP contribution in [0.25, 0.3) is 11.5 Å². The molecule has 1 amide bonds. The Morgan fingerprint density at radius 3 is 2.50 bits per heavy atom. The van der Waals surface area contributed by atoms with Gasteiger partial charge in [0.05, 0.1) is 0 Å². The highest BCUT2D eigenvalue weighted by molar-refractivity contribution is 5.94. The fraction of sp³-hybridized carbons (Fsp3) is 0.471. The summed E-state index contributed by atoms with van der Waals surface area (Å²) in [6.07, 6.45) is 4.70. The van der Waals surface area contributed by atoms with Gasteiger partial charge in [-0.15, -0.1) is 0 Å². The predicted octanol–water partition coefficient (Wildman–Crippen LogP) is 3.45. The van der Waals surface area contributed by atoms with E-state index in [1.54, 1.807) is 6.92 Å². The molecule has 1 aromatic carbocycles. The van der Waals surface area contributed by atoms with Crippen LogP contribution in [0.1, 0.15) is 48.8 Å². The van der Waals surface area contributed by atoms with Gasteiger partial charge in [-0.2, -0.15) is 4.98 Å². The molecular weight excluding hydrogens is 278 g/mol. The molecule has 0 unspecified atom stereocenters. The molecule has 5 nitrogen and oxygen atoms in total. The SMILES string of the molecule is CCN(C(=O)c1ccc(-c2nc(C)no2)cc1)C1CCCC1. The molecular formula is C17H21N3O2. The van der Waals surface area contributed by atoms with Crippen molar-refractivity contribution in [2.75, 3.05) is 6.54 Å². The Morgan fingerprint density at radius 1 is 1.27 bits per heavy atom. The first-order valence-corrected chi connectivity index (χ1v) is 7.90. The standard InChI is InChI=1S/C17H21N3O2/c1-3-20(15-6-4-5-7-15)17(21)14-10-8-13(9-11-14)16-18-12(2)19-22-16/h8-11,15H,3-7H2,1-2H3. The molecule has 0 radical (unpaired) electrons. The second-order valence-corrected chi connectivity index (χ2v) is 5.75. The van der Waals surface area contributed by atoms with E-state index in [4.69, 9.17) is 4.52 Å². The minimum absolute atomic E-state index is 0.114. The van der Waals surface area contributed by atoms with Crippen LogP contribution in [-0.4, -0.2) is 33.5 Å². The van der Waals surface area contributed by atoms with Gasteiger partial charge in [0.2, 0.25) is 0 Å². The maximum absolute atomic E-state index is 12.7. The largest absolute Gasteiger partial charge is 0.336 e. The molecule has 0 N–H and O–H groups in total. The molecule has 22 heavy (non-hydrogen) atoms. The van der Waals surface area contributed by atoms with Crippen LogP contribution in [0, 0.1) is 6.92 Å². The Balaban J connectivity index is 1.78. The number of nitrogens with zero attached hydrogens (tertiary/aromatic N) is 3. The molecule has 0 bridgehead atoms. The molecule has 1 aliphatic rings. The van der Waals surface area contributed by atoms with Crippen LogP contribution in [0.4, 0.5) is 0 Å². The number of hydrogen-bond donors (Lipinski definition) is 0. The van der Waals surface area contributed by atoms with Crippen molar-refractivity contribution in [1.29, 1.82) is 0 Å². The van der Waals surface area contributed by atoms with Crippen LogP contribution in [0.15, 0.2) is 28.8 Å². The van der Waals surface area contributed by atoms with Gasteiger partial charge < -0.3 is 9.42 Å².